The SMILES string of the molecule is CCC1(C)CN(Cc2ccncc2Cl)C2(CCCC2)CN1. The molecule has 2 heterocycles. The van der Waals surface area contributed by atoms with Gasteiger partial charge in [0, 0.05) is 43.1 Å². The van der Waals surface area contributed by atoms with Gasteiger partial charge in [-0.2, -0.15) is 0 Å². The first kappa shape index (κ1) is 15.3. The molecule has 1 aromatic rings. The fourth-order valence-electron chi connectivity index (χ4n) is 3.86. The molecule has 0 bridgehead atoms. The quantitative estimate of drug-likeness (QED) is 0.924. The number of nitrogens with one attached hydrogen (secondary N) is 1. The largest absolute Gasteiger partial charge is 0.308 e. The zero-order valence-electron chi connectivity index (χ0n) is 13.2. The first-order valence-electron chi connectivity index (χ1n) is 8.15. The summed E-state index contributed by atoms with van der Waals surface area (Å²) in [6, 6.07) is 2.07. The molecule has 1 aliphatic heterocycles. The van der Waals surface area contributed by atoms with Gasteiger partial charge >= 0.3 is 0 Å². The van der Waals surface area contributed by atoms with E-state index in [9.17, 15) is 0 Å². The fraction of sp³-hybridized carbons (Fsp3) is 0.706. The molecule has 1 atom stereocenters. The van der Waals surface area contributed by atoms with Crippen LogP contribution in [0, 0.1) is 0 Å². The molecule has 3 rings (SSSR count). The van der Waals surface area contributed by atoms with Crippen molar-refractivity contribution in [1.82, 2.24) is 15.2 Å². The second-order valence-electron chi connectivity index (χ2n) is 7.02. The standard InChI is InChI=1S/C17H26ClN3/c1-3-16(2)13-21(11-14-6-9-19-10-15(14)18)17(12-20-16)7-4-5-8-17/h6,9-10,20H,3-5,7-8,11-13H2,1-2H3. The van der Waals surface area contributed by atoms with Crippen molar-refractivity contribution < 1.29 is 0 Å². The molecule has 0 aromatic carbocycles. The van der Waals surface area contributed by atoms with Crippen LogP contribution in [0.4, 0.5) is 0 Å². The molecular weight excluding hydrogens is 282 g/mol. The molecule has 1 spiro atoms. The van der Waals surface area contributed by atoms with E-state index in [1.807, 2.05) is 6.20 Å². The van der Waals surface area contributed by atoms with Crippen LogP contribution in [-0.2, 0) is 6.54 Å². The Hall–Kier alpha value is -0.640. The fourth-order valence-corrected chi connectivity index (χ4v) is 4.04. The summed E-state index contributed by atoms with van der Waals surface area (Å²) in [5, 5.41) is 4.62. The summed E-state index contributed by atoms with van der Waals surface area (Å²) in [5.41, 5.74) is 1.76. The van der Waals surface area contributed by atoms with E-state index in [0.717, 1.165) is 31.1 Å². The predicted molar refractivity (Wildman–Crippen MR) is 87.6 cm³/mol. The van der Waals surface area contributed by atoms with Crippen molar-refractivity contribution in [1.29, 1.82) is 0 Å². The summed E-state index contributed by atoms with van der Waals surface area (Å²) in [4.78, 5) is 6.80. The molecule has 1 aliphatic carbocycles. The molecule has 116 valence electrons. The van der Waals surface area contributed by atoms with Crippen LogP contribution < -0.4 is 5.32 Å². The minimum atomic E-state index is 0.216. The van der Waals surface area contributed by atoms with Gasteiger partial charge < -0.3 is 5.32 Å². The summed E-state index contributed by atoms with van der Waals surface area (Å²) < 4.78 is 0. The Morgan fingerprint density at radius 1 is 1.38 bits per heavy atom. The molecule has 21 heavy (non-hydrogen) atoms. The highest BCUT2D eigenvalue weighted by atomic mass is 35.5. The van der Waals surface area contributed by atoms with Crippen LogP contribution in [-0.4, -0.2) is 34.1 Å². The van der Waals surface area contributed by atoms with Gasteiger partial charge in [-0.3, -0.25) is 9.88 Å². The Labute approximate surface area is 133 Å². The maximum absolute atomic E-state index is 6.34. The van der Waals surface area contributed by atoms with Crippen molar-refractivity contribution in [2.45, 2.75) is 63.6 Å². The van der Waals surface area contributed by atoms with Gasteiger partial charge in [0.1, 0.15) is 0 Å². The first-order valence-corrected chi connectivity index (χ1v) is 8.53. The van der Waals surface area contributed by atoms with Crippen molar-refractivity contribution >= 4 is 11.6 Å². The zero-order chi connectivity index (χ0) is 14.9. The Kier molecular flexibility index (Phi) is 4.26. The van der Waals surface area contributed by atoms with Gasteiger partial charge in [-0.25, -0.2) is 0 Å². The third-order valence-corrected chi connectivity index (χ3v) is 5.93. The van der Waals surface area contributed by atoms with E-state index in [1.54, 1.807) is 6.20 Å². The Balaban J connectivity index is 1.85. The molecule has 4 heteroatoms. The third kappa shape index (κ3) is 2.96. The van der Waals surface area contributed by atoms with Crippen LogP contribution >= 0.6 is 11.6 Å². The molecule has 1 saturated carbocycles. The van der Waals surface area contributed by atoms with Crippen molar-refractivity contribution in [3.8, 4) is 0 Å². The molecule has 2 fully saturated rings. The van der Waals surface area contributed by atoms with Crippen LogP contribution in [0.5, 0.6) is 0 Å². The van der Waals surface area contributed by atoms with Gasteiger partial charge in [-0.15, -0.1) is 0 Å². The Bertz CT molecular complexity index is 499. The monoisotopic (exact) mass is 307 g/mol. The van der Waals surface area contributed by atoms with Gasteiger partial charge in [0.15, 0.2) is 0 Å². The number of nitrogens with zero attached hydrogens (tertiary/aromatic N) is 2. The van der Waals surface area contributed by atoms with Crippen LogP contribution in [0.1, 0.15) is 51.5 Å². The number of pyridine rings is 1. The lowest BCUT2D eigenvalue weighted by Crippen LogP contribution is -2.67. The van der Waals surface area contributed by atoms with Crippen molar-refractivity contribution in [3.05, 3.63) is 29.0 Å². The molecule has 1 aromatic heterocycles. The van der Waals surface area contributed by atoms with Crippen molar-refractivity contribution in [2.24, 2.45) is 0 Å². The van der Waals surface area contributed by atoms with E-state index in [1.165, 1.54) is 31.2 Å². The number of piperazine rings is 1. The average Bonchev–Trinajstić information content (AvgIpc) is 2.96. The normalized spacial score (nSPS) is 29.1. The van der Waals surface area contributed by atoms with Crippen molar-refractivity contribution in [2.75, 3.05) is 13.1 Å². The second kappa shape index (κ2) is 5.86. The minimum Gasteiger partial charge on any atom is -0.308 e. The van der Waals surface area contributed by atoms with E-state index < -0.39 is 0 Å². The zero-order valence-corrected chi connectivity index (χ0v) is 13.9. The number of halogens is 1. The van der Waals surface area contributed by atoms with E-state index in [0.29, 0.717) is 5.54 Å². The van der Waals surface area contributed by atoms with Crippen LogP contribution in [0.2, 0.25) is 5.02 Å². The van der Waals surface area contributed by atoms with E-state index in [-0.39, 0.29) is 5.54 Å². The molecule has 1 N–H and O–H groups in total. The van der Waals surface area contributed by atoms with E-state index in [4.69, 9.17) is 11.6 Å². The summed E-state index contributed by atoms with van der Waals surface area (Å²) in [6.45, 7) is 7.77. The number of aromatic nitrogens is 1. The highest BCUT2D eigenvalue weighted by Gasteiger charge is 2.46. The average molecular weight is 308 g/mol. The van der Waals surface area contributed by atoms with Gasteiger partial charge in [0.25, 0.3) is 0 Å². The molecule has 0 amide bonds. The summed E-state index contributed by atoms with van der Waals surface area (Å²) >= 11 is 6.34. The molecule has 1 unspecified atom stereocenters. The minimum absolute atomic E-state index is 0.216. The van der Waals surface area contributed by atoms with Gasteiger partial charge in [0.05, 0.1) is 5.02 Å². The smallest absolute Gasteiger partial charge is 0.0634 e. The Morgan fingerprint density at radius 3 is 2.81 bits per heavy atom. The van der Waals surface area contributed by atoms with Crippen LogP contribution in [0.15, 0.2) is 18.5 Å². The number of rotatable bonds is 3. The maximum Gasteiger partial charge on any atom is 0.0634 e. The molecule has 0 radical (unpaired) electrons. The lowest BCUT2D eigenvalue weighted by Gasteiger charge is -2.52. The molecular formula is C17H26ClN3. The summed E-state index contributed by atoms with van der Waals surface area (Å²) in [7, 11) is 0. The Morgan fingerprint density at radius 2 is 2.14 bits per heavy atom. The number of hydrogen-bond donors (Lipinski definition) is 1. The summed E-state index contributed by atoms with van der Waals surface area (Å²) in [6.07, 6.45) is 10.1. The highest BCUT2D eigenvalue weighted by Crippen LogP contribution is 2.40. The second-order valence-corrected chi connectivity index (χ2v) is 7.43. The van der Waals surface area contributed by atoms with Gasteiger partial charge in [-0.05, 0) is 37.8 Å². The van der Waals surface area contributed by atoms with Gasteiger partial charge in [0.2, 0.25) is 0 Å². The lowest BCUT2D eigenvalue weighted by atomic mass is 9.84. The predicted octanol–water partition coefficient (Wildman–Crippen LogP) is 3.62. The van der Waals surface area contributed by atoms with E-state index in [2.05, 4.69) is 35.1 Å². The van der Waals surface area contributed by atoms with Crippen LogP contribution in [0.3, 0.4) is 0 Å². The topological polar surface area (TPSA) is 28.2 Å². The van der Waals surface area contributed by atoms with Gasteiger partial charge in [-0.1, -0.05) is 31.4 Å². The van der Waals surface area contributed by atoms with E-state index >= 15 is 0 Å². The van der Waals surface area contributed by atoms with Crippen molar-refractivity contribution in [3.63, 3.8) is 0 Å². The maximum atomic E-state index is 6.34. The first-order chi connectivity index (χ1) is 10.1. The lowest BCUT2D eigenvalue weighted by molar-refractivity contribution is 0.00533. The molecule has 2 aliphatic rings. The summed E-state index contributed by atoms with van der Waals surface area (Å²) in [5.74, 6) is 0. The highest BCUT2D eigenvalue weighted by molar-refractivity contribution is 6.31. The molecule has 3 nitrogen and oxygen atoms in total. The third-order valence-electron chi connectivity index (χ3n) is 5.59. The van der Waals surface area contributed by atoms with Crippen LogP contribution in [0.25, 0.3) is 0 Å². The number of hydrogen-bond acceptors (Lipinski definition) is 3. The molecule has 1 saturated heterocycles.